The molecule has 1 aromatic carbocycles. The van der Waals surface area contributed by atoms with Gasteiger partial charge in [-0.25, -0.2) is 0 Å². The summed E-state index contributed by atoms with van der Waals surface area (Å²) in [5.41, 5.74) is 0.632. The van der Waals surface area contributed by atoms with Crippen LogP contribution in [0.4, 0.5) is 0 Å². The van der Waals surface area contributed by atoms with Gasteiger partial charge in [0.1, 0.15) is 0 Å². The third-order valence-corrected chi connectivity index (χ3v) is 5.05. The van der Waals surface area contributed by atoms with Crippen LogP contribution < -0.4 is 5.32 Å². The number of nitrogens with one attached hydrogen (secondary N) is 1. The fourth-order valence-electron chi connectivity index (χ4n) is 2.37. The lowest BCUT2D eigenvalue weighted by molar-refractivity contribution is -0.129. The van der Waals surface area contributed by atoms with Crippen LogP contribution in [0.1, 0.15) is 58.6 Å². The molecule has 3 nitrogen and oxygen atoms in total. The Morgan fingerprint density at radius 1 is 1.26 bits per heavy atom. The minimum absolute atomic E-state index is 0.0257. The van der Waals surface area contributed by atoms with E-state index < -0.39 is 5.41 Å². The second-order valence-electron chi connectivity index (χ2n) is 6.97. The molecule has 1 aliphatic carbocycles. The van der Waals surface area contributed by atoms with Gasteiger partial charge in [0.25, 0.3) is 0 Å². The summed E-state index contributed by atoms with van der Waals surface area (Å²) in [6, 6.07) is 7.88. The first-order chi connectivity index (χ1) is 10.8. The van der Waals surface area contributed by atoms with Crippen LogP contribution in [0, 0.1) is 5.41 Å². The average Bonchev–Trinajstić information content (AvgIpc) is 2.49. The Balaban J connectivity index is 2.18. The average molecular weight is 331 g/mol. The minimum Gasteiger partial charge on any atom is -0.349 e. The molecule has 1 aliphatic rings. The van der Waals surface area contributed by atoms with Crippen LogP contribution in [-0.2, 0) is 9.59 Å². The van der Waals surface area contributed by atoms with Gasteiger partial charge in [-0.15, -0.1) is 0 Å². The summed E-state index contributed by atoms with van der Waals surface area (Å²) in [4.78, 5) is 26.1. The number of carbonyl (C=O) groups is 2. The maximum absolute atomic E-state index is 12.2. The molecule has 23 heavy (non-hydrogen) atoms. The third-order valence-electron chi connectivity index (χ3n) is 3.85. The van der Waals surface area contributed by atoms with E-state index in [9.17, 15) is 9.59 Å². The standard InChI is InChI=1S/C19H25NO2S/c1-13(20-18(22)19(2,3)4)14-9-5-7-11-16(14)23-17-12-8-6-10-15(17)21/h5,7,9,11-13H,6,8,10H2,1-4H3,(H,20,22)/t13-/m1/s1. The van der Waals surface area contributed by atoms with E-state index in [2.05, 4.69) is 5.32 Å². The number of allylic oxidation sites excluding steroid dienone is 2. The fourth-order valence-corrected chi connectivity index (χ4v) is 3.54. The zero-order chi connectivity index (χ0) is 17.0. The van der Waals surface area contributed by atoms with E-state index in [0.717, 1.165) is 28.2 Å². The summed E-state index contributed by atoms with van der Waals surface area (Å²) in [6.45, 7) is 7.70. The monoisotopic (exact) mass is 331 g/mol. The number of thioether (sulfide) groups is 1. The van der Waals surface area contributed by atoms with Crippen molar-refractivity contribution in [3.63, 3.8) is 0 Å². The van der Waals surface area contributed by atoms with Crippen molar-refractivity contribution in [3.05, 3.63) is 40.8 Å². The van der Waals surface area contributed by atoms with Crippen LogP contribution in [0.15, 0.2) is 40.1 Å². The molecule has 0 spiro atoms. The second-order valence-corrected chi connectivity index (χ2v) is 8.05. The van der Waals surface area contributed by atoms with E-state index in [1.54, 1.807) is 0 Å². The smallest absolute Gasteiger partial charge is 0.225 e. The Morgan fingerprint density at radius 3 is 2.61 bits per heavy atom. The molecule has 4 heteroatoms. The van der Waals surface area contributed by atoms with E-state index in [0.29, 0.717) is 6.42 Å². The van der Waals surface area contributed by atoms with Gasteiger partial charge in [0, 0.05) is 16.7 Å². The van der Waals surface area contributed by atoms with Crippen molar-refractivity contribution in [2.45, 2.75) is 57.9 Å². The van der Waals surface area contributed by atoms with Crippen LogP contribution >= 0.6 is 11.8 Å². The number of carbonyl (C=O) groups excluding carboxylic acids is 2. The summed E-state index contributed by atoms with van der Waals surface area (Å²) in [6.07, 6.45) is 4.58. The van der Waals surface area contributed by atoms with Crippen molar-refractivity contribution in [2.75, 3.05) is 0 Å². The van der Waals surface area contributed by atoms with Crippen LogP contribution in [0.3, 0.4) is 0 Å². The van der Waals surface area contributed by atoms with Gasteiger partial charge in [0.05, 0.1) is 10.9 Å². The molecule has 1 amide bonds. The number of benzene rings is 1. The van der Waals surface area contributed by atoms with Gasteiger partial charge in [-0.05, 0) is 31.4 Å². The highest BCUT2D eigenvalue weighted by atomic mass is 32.2. The molecular formula is C19H25NO2S. The van der Waals surface area contributed by atoms with Gasteiger partial charge < -0.3 is 5.32 Å². The number of ketones is 1. The highest BCUT2D eigenvalue weighted by Gasteiger charge is 2.24. The van der Waals surface area contributed by atoms with E-state index >= 15 is 0 Å². The normalized spacial score (nSPS) is 16.7. The molecule has 124 valence electrons. The number of hydrogen-bond donors (Lipinski definition) is 1. The molecule has 1 aromatic rings. The summed E-state index contributed by atoms with van der Waals surface area (Å²) < 4.78 is 0. The molecule has 2 rings (SSSR count). The van der Waals surface area contributed by atoms with Gasteiger partial charge in [0.15, 0.2) is 5.78 Å². The van der Waals surface area contributed by atoms with Crippen LogP contribution in [-0.4, -0.2) is 11.7 Å². The van der Waals surface area contributed by atoms with E-state index in [1.165, 1.54) is 11.8 Å². The Labute approximate surface area is 142 Å². The lowest BCUT2D eigenvalue weighted by Crippen LogP contribution is -2.36. The largest absolute Gasteiger partial charge is 0.349 e. The number of Topliss-reactive ketones (excluding diaryl/α,β-unsaturated/α-hetero) is 1. The molecule has 0 bridgehead atoms. The number of rotatable bonds is 4. The fraction of sp³-hybridized carbons (Fsp3) is 0.474. The zero-order valence-corrected chi connectivity index (χ0v) is 15.1. The first-order valence-corrected chi connectivity index (χ1v) is 8.92. The zero-order valence-electron chi connectivity index (χ0n) is 14.3. The first-order valence-electron chi connectivity index (χ1n) is 8.10. The van der Waals surface area contributed by atoms with Crippen LogP contribution in [0.5, 0.6) is 0 Å². The van der Waals surface area contributed by atoms with Gasteiger partial charge in [-0.1, -0.05) is 56.8 Å². The lowest BCUT2D eigenvalue weighted by atomic mass is 9.94. The van der Waals surface area contributed by atoms with E-state index in [1.807, 2.05) is 58.0 Å². The third kappa shape index (κ3) is 4.71. The quantitative estimate of drug-likeness (QED) is 0.874. The molecular weight excluding hydrogens is 306 g/mol. The summed E-state index contributed by atoms with van der Waals surface area (Å²) in [5.74, 6) is 0.250. The molecule has 0 saturated carbocycles. The highest BCUT2D eigenvalue weighted by molar-refractivity contribution is 8.04. The van der Waals surface area contributed by atoms with Gasteiger partial charge in [0.2, 0.25) is 5.91 Å². The number of hydrogen-bond acceptors (Lipinski definition) is 3. The Kier molecular flexibility index (Phi) is 5.69. The summed E-state index contributed by atoms with van der Waals surface area (Å²) in [7, 11) is 0. The molecule has 0 aromatic heterocycles. The van der Waals surface area contributed by atoms with Crippen molar-refractivity contribution in [1.29, 1.82) is 0 Å². The topological polar surface area (TPSA) is 46.2 Å². The van der Waals surface area contributed by atoms with Crippen molar-refractivity contribution < 1.29 is 9.59 Å². The predicted octanol–water partition coefficient (Wildman–Crippen LogP) is 4.64. The maximum Gasteiger partial charge on any atom is 0.225 e. The Morgan fingerprint density at radius 2 is 1.96 bits per heavy atom. The van der Waals surface area contributed by atoms with Gasteiger partial charge >= 0.3 is 0 Å². The minimum atomic E-state index is -0.418. The SMILES string of the molecule is C[C@@H](NC(=O)C(C)(C)C)c1ccccc1SC1=CCCCC1=O. The maximum atomic E-state index is 12.2. The van der Waals surface area contributed by atoms with Crippen molar-refractivity contribution in [3.8, 4) is 0 Å². The van der Waals surface area contributed by atoms with Gasteiger partial charge in [-0.2, -0.15) is 0 Å². The molecule has 0 saturated heterocycles. The van der Waals surface area contributed by atoms with Crippen LogP contribution in [0.25, 0.3) is 0 Å². The van der Waals surface area contributed by atoms with E-state index in [4.69, 9.17) is 0 Å². The Bertz CT molecular complexity index is 629. The molecule has 0 unspecified atom stereocenters. The molecule has 0 radical (unpaired) electrons. The highest BCUT2D eigenvalue weighted by Crippen LogP contribution is 2.35. The summed E-state index contributed by atoms with van der Waals surface area (Å²) >= 11 is 1.52. The molecule has 1 N–H and O–H groups in total. The first kappa shape index (κ1) is 17.8. The van der Waals surface area contributed by atoms with Crippen molar-refractivity contribution >= 4 is 23.5 Å². The molecule has 0 aliphatic heterocycles. The van der Waals surface area contributed by atoms with Gasteiger partial charge in [-0.3, -0.25) is 9.59 Å². The van der Waals surface area contributed by atoms with E-state index in [-0.39, 0.29) is 17.7 Å². The molecule has 0 fully saturated rings. The number of amides is 1. The van der Waals surface area contributed by atoms with Crippen molar-refractivity contribution in [1.82, 2.24) is 5.32 Å². The van der Waals surface area contributed by atoms with Crippen LogP contribution in [0.2, 0.25) is 0 Å². The second kappa shape index (κ2) is 7.35. The predicted molar refractivity (Wildman–Crippen MR) is 95.3 cm³/mol. The molecule has 0 heterocycles. The molecule has 1 atom stereocenters. The van der Waals surface area contributed by atoms with Crippen molar-refractivity contribution in [2.24, 2.45) is 5.41 Å². The Hall–Kier alpha value is -1.55. The summed E-state index contributed by atoms with van der Waals surface area (Å²) in [5, 5.41) is 3.07. The lowest BCUT2D eigenvalue weighted by Gasteiger charge is -2.24.